The van der Waals surface area contributed by atoms with Gasteiger partial charge in [-0.25, -0.2) is 14.4 Å². The van der Waals surface area contributed by atoms with Crippen molar-refractivity contribution in [1.29, 1.82) is 0 Å². The number of hydrogen-bond donors (Lipinski definition) is 1. The molecule has 2 saturated carbocycles. The second-order valence-electron chi connectivity index (χ2n) is 8.52. The van der Waals surface area contributed by atoms with E-state index in [1.165, 1.54) is 12.1 Å². The standard InChI is InChI=1S/C23H20ClFN4O/c1-11(22-28-19-6-12(24)10-27-23(19)29-22)21-15-8-14(9-16(15)21)30-20-4-5-26-18-3-2-13(25)7-17(18)20/h2-7,10-11,14-16,21H,8-9H2,1H3,(H,27,28,29)/t11?,14-,15-,16+,21-. The van der Waals surface area contributed by atoms with Crippen LogP contribution in [-0.2, 0) is 0 Å². The van der Waals surface area contributed by atoms with Crippen molar-refractivity contribution < 1.29 is 9.13 Å². The van der Waals surface area contributed by atoms with Crippen molar-refractivity contribution in [2.45, 2.75) is 31.8 Å². The van der Waals surface area contributed by atoms with E-state index in [9.17, 15) is 4.39 Å². The van der Waals surface area contributed by atoms with Crippen LogP contribution in [0.3, 0.4) is 0 Å². The van der Waals surface area contributed by atoms with Crippen LogP contribution in [0.15, 0.2) is 42.7 Å². The van der Waals surface area contributed by atoms with E-state index >= 15 is 0 Å². The Bertz CT molecular complexity index is 1260. The van der Waals surface area contributed by atoms with Crippen molar-refractivity contribution in [2.24, 2.45) is 17.8 Å². The van der Waals surface area contributed by atoms with Gasteiger partial charge in [-0.05, 0) is 60.9 Å². The maximum Gasteiger partial charge on any atom is 0.157 e. The summed E-state index contributed by atoms with van der Waals surface area (Å²) < 4.78 is 20.0. The number of pyridine rings is 2. The first-order chi connectivity index (χ1) is 14.6. The van der Waals surface area contributed by atoms with Crippen LogP contribution in [0.2, 0.25) is 5.02 Å². The van der Waals surface area contributed by atoms with Gasteiger partial charge in [0, 0.05) is 23.7 Å². The van der Waals surface area contributed by atoms with Crippen molar-refractivity contribution in [1.82, 2.24) is 19.9 Å². The highest BCUT2D eigenvalue weighted by Crippen LogP contribution is 2.63. The SMILES string of the molecule is CC(c1nc2cc(Cl)cnc2[nH]1)[C@@H]1[C@@H]2C[C@@H](Oc3ccnc4ccc(F)cc34)C[C@@H]21. The summed E-state index contributed by atoms with van der Waals surface area (Å²) in [5.74, 6) is 3.64. The number of aromatic nitrogens is 4. The normalized spacial score (nSPS) is 26.1. The second kappa shape index (κ2) is 6.64. The van der Waals surface area contributed by atoms with Crippen molar-refractivity contribution in [3.63, 3.8) is 0 Å². The lowest BCUT2D eigenvalue weighted by atomic mass is 9.97. The molecule has 0 aliphatic heterocycles. The summed E-state index contributed by atoms with van der Waals surface area (Å²) in [5.41, 5.74) is 2.35. The van der Waals surface area contributed by atoms with Gasteiger partial charge in [0.2, 0.25) is 0 Å². The van der Waals surface area contributed by atoms with Gasteiger partial charge in [0.25, 0.3) is 0 Å². The first-order valence-electron chi connectivity index (χ1n) is 10.3. The van der Waals surface area contributed by atoms with E-state index in [4.69, 9.17) is 21.3 Å². The van der Waals surface area contributed by atoms with E-state index in [2.05, 4.69) is 21.9 Å². The van der Waals surface area contributed by atoms with Crippen molar-refractivity contribution >= 4 is 33.7 Å². The molecule has 0 radical (unpaired) electrons. The molecule has 7 heteroatoms. The molecule has 3 heterocycles. The Labute approximate surface area is 177 Å². The Morgan fingerprint density at radius 3 is 2.80 bits per heavy atom. The third-order valence-electron chi connectivity index (χ3n) is 6.76. The van der Waals surface area contributed by atoms with Gasteiger partial charge >= 0.3 is 0 Å². The molecule has 3 aromatic heterocycles. The van der Waals surface area contributed by atoms with Crippen LogP contribution < -0.4 is 4.74 Å². The summed E-state index contributed by atoms with van der Waals surface area (Å²) in [4.78, 5) is 16.7. The van der Waals surface area contributed by atoms with Crippen LogP contribution in [-0.4, -0.2) is 26.0 Å². The van der Waals surface area contributed by atoms with E-state index in [0.29, 0.717) is 28.7 Å². The highest BCUT2D eigenvalue weighted by atomic mass is 35.5. The van der Waals surface area contributed by atoms with E-state index in [-0.39, 0.29) is 11.9 Å². The molecule has 5 atom stereocenters. The molecule has 6 rings (SSSR count). The number of nitrogens with one attached hydrogen (secondary N) is 1. The molecular formula is C23H20ClFN4O. The smallest absolute Gasteiger partial charge is 0.157 e. The van der Waals surface area contributed by atoms with Crippen LogP contribution in [0.5, 0.6) is 5.75 Å². The average molecular weight is 423 g/mol. The molecule has 0 saturated heterocycles. The highest BCUT2D eigenvalue weighted by molar-refractivity contribution is 6.31. The monoisotopic (exact) mass is 422 g/mol. The summed E-state index contributed by atoms with van der Waals surface area (Å²) in [5, 5.41) is 1.33. The van der Waals surface area contributed by atoms with Gasteiger partial charge in [0.1, 0.15) is 22.9 Å². The van der Waals surface area contributed by atoms with Crippen LogP contribution in [0, 0.1) is 23.6 Å². The zero-order chi connectivity index (χ0) is 20.4. The zero-order valence-electron chi connectivity index (χ0n) is 16.3. The van der Waals surface area contributed by atoms with Gasteiger partial charge in [-0.15, -0.1) is 0 Å². The molecule has 0 spiro atoms. The lowest BCUT2D eigenvalue weighted by Gasteiger charge is -2.19. The van der Waals surface area contributed by atoms with Crippen molar-refractivity contribution in [3.8, 4) is 5.75 Å². The molecule has 152 valence electrons. The molecule has 2 aliphatic carbocycles. The molecule has 5 nitrogen and oxygen atoms in total. The molecular weight excluding hydrogens is 403 g/mol. The van der Waals surface area contributed by atoms with Gasteiger partial charge < -0.3 is 9.72 Å². The third-order valence-corrected chi connectivity index (χ3v) is 6.96. The lowest BCUT2D eigenvalue weighted by Crippen LogP contribution is -2.17. The molecule has 30 heavy (non-hydrogen) atoms. The van der Waals surface area contributed by atoms with Gasteiger partial charge in [0.15, 0.2) is 5.65 Å². The Morgan fingerprint density at radius 2 is 1.97 bits per heavy atom. The van der Waals surface area contributed by atoms with Crippen LogP contribution in [0.1, 0.15) is 31.5 Å². The maximum atomic E-state index is 13.7. The molecule has 0 bridgehead atoms. The molecule has 1 aromatic carbocycles. The summed E-state index contributed by atoms with van der Waals surface area (Å²) in [7, 11) is 0. The fraction of sp³-hybridized carbons (Fsp3) is 0.348. The number of imidazole rings is 1. The highest BCUT2D eigenvalue weighted by Gasteiger charge is 2.59. The predicted octanol–water partition coefficient (Wildman–Crippen LogP) is 5.51. The molecule has 4 aromatic rings. The van der Waals surface area contributed by atoms with E-state index < -0.39 is 0 Å². The fourth-order valence-corrected chi connectivity index (χ4v) is 5.49. The van der Waals surface area contributed by atoms with Gasteiger partial charge in [-0.1, -0.05) is 18.5 Å². The number of nitrogens with zero attached hydrogens (tertiary/aromatic N) is 3. The number of ether oxygens (including phenoxy) is 1. The Balaban J connectivity index is 1.16. The maximum absolute atomic E-state index is 13.7. The molecule has 2 aliphatic rings. The average Bonchev–Trinajstić information content (AvgIpc) is 3.06. The minimum atomic E-state index is -0.273. The van der Waals surface area contributed by atoms with Crippen LogP contribution >= 0.6 is 11.6 Å². The van der Waals surface area contributed by atoms with Gasteiger partial charge in [-0.2, -0.15) is 0 Å². The summed E-state index contributed by atoms with van der Waals surface area (Å²) in [6.07, 6.45) is 5.55. The number of rotatable bonds is 4. The number of benzene rings is 1. The molecule has 2 fully saturated rings. The summed E-state index contributed by atoms with van der Waals surface area (Å²) in [6.45, 7) is 2.23. The number of fused-ring (bicyclic) bond motifs is 3. The minimum absolute atomic E-state index is 0.161. The van der Waals surface area contributed by atoms with Crippen molar-refractivity contribution in [3.05, 3.63) is 59.4 Å². The number of halogens is 2. The van der Waals surface area contributed by atoms with Crippen LogP contribution in [0.4, 0.5) is 4.39 Å². The zero-order valence-corrected chi connectivity index (χ0v) is 17.1. The number of hydrogen-bond acceptors (Lipinski definition) is 4. The summed E-state index contributed by atoms with van der Waals surface area (Å²) in [6, 6.07) is 8.29. The fourth-order valence-electron chi connectivity index (χ4n) is 5.34. The molecule has 0 amide bonds. The third kappa shape index (κ3) is 2.93. The van der Waals surface area contributed by atoms with E-state index in [1.807, 2.05) is 12.1 Å². The topological polar surface area (TPSA) is 63.7 Å². The lowest BCUT2D eigenvalue weighted by molar-refractivity contribution is 0.186. The number of H-pyrrole nitrogens is 1. The molecule has 1 unspecified atom stereocenters. The quantitative estimate of drug-likeness (QED) is 0.471. The largest absolute Gasteiger partial charge is 0.490 e. The first kappa shape index (κ1) is 18.1. The van der Waals surface area contributed by atoms with Crippen molar-refractivity contribution in [2.75, 3.05) is 0 Å². The van der Waals surface area contributed by atoms with Gasteiger partial charge in [0.05, 0.1) is 16.6 Å². The Kier molecular flexibility index (Phi) is 4.00. The Hall–Kier alpha value is -2.73. The van der Waals surface area contributed by atoms with E-state index in [0.717, 1.165) is 46.5 Å². The number of aromatic amines is 1. The Morgan fingerprint density at radius 1 is 1.13 bits per heavy atom. The first-order valence-corrected chi connectivity index (χ1v) is 10.7. The summed E-state index contributed by atoms with van der Waals surface area (Å²) >= 11 is 6.03. The van der Waals surface area contributed by atoms with Gasteiger partial charge in [-0.3, -0.25) is 4.98 Å². The minimum Gasteiger partial charge on any atom is -0.490 e. The van der Waals surface area contributed by atoms with Crippen LogP contribution in [0.25, 0.3) is 22.1 Å². The molecule has 1 N–H and O–H groups in total. The second-order valence-corrected chi connectivity index (χ2v) is 8.96. The predicted molar refractivity (Wildman–Crippen MR) is 113 cm³/mol. The van der Waals surface area contributed by atoms with E-state index in [1.54, 1.807) is 18.5 Å².